The molecule has 0 aliphatic rings. The Morgan fingerprint density at radius 1 is 1.00 bits per heavy atom. The molecule has 0 unspecified atom stereocenters. The first kappa shape index (κ1) is 14.4. The molecule has 0 amide bonds. The average Bonchev–Trinajstić information content (AvgIpc) is 2.56. The van der Waals surface area contributed by atoms with E-state index in [-0.39, 0.29) is 5.56 Å². The van der Waals surface area contributed by atoms with Crippen LogP contribution in [0.25, 0.3) is 22.0 Å². The molecular formula is C18H19N3O. The van der Waals surface area contributed by atoms with Gasteiger partial charge in [0.1, 0.15) is 0 Å². The molecular weight excluding hydrogens is 274 g/mol. The molecule has 1 heterocycles. The van der Waals surface area contributed by atoms with Crippen molar-refractivity contribution >= 4 is 16.5 Å². The monoisotopic (exact) mass is 293 g/mol. The maximum absolute atomic E-state index is 12.4. The predicted octanol–water partition coefficient (Wildman–Crippen LogP) is 2.83. The molecule has 0 radical (unpaired) electrons. The van der Waals surface area contributed by atoms with Crippen LogP contribution in [0, 0.1) is 0 Å². The van der Waals surface area contributed by atoms with Crippen LogP contribution in [-0.4, -0.2) is 25.1 Å². The molecule has 0 atom stereocenters. The van der Waals surface area contributed by atoms with Gasteiger partial charge in [0.15, 0.2) is 0 Å². The lowest BCUT2D eigenvalue weighted by Crippen LogP contribution is -2.17. The highest BCUT2D eigenvalue weighted by Gasteiger charge is 2.05. The maximum atomic E-state index is 12.4. The largest absolute Gasteiger partial charge is 0.384 e. The number of hydrogen-bond donors (Lipinski definition) is 3. The lowest BCUT2D eigenvalue weighted by atomic mass is 10.1. The van der Waals surface area contributed by atoms with Gasteiger partial charge in [0, 0.05) is 29.9 Å². The van der Waals surface area contributed by atoms with Crippen molar-refractivity contribution in [3.05, 3.63) is 65.0 Å². The summed E-state index contributed by atoms with van der Waals surface area (Å²) >= 11 is 0. The molecule has 0 bridgehead atoms. The summed E-state index contributed by atoms with van der Waals surface area (Å²) in [5.41, 5.74) is 2.75. The Labute approximate surface area is 129 Å². The number of H-pyrrole nitrogens is 1. The molecule has 0 saturated carbocycles. The Bertz CT molecular complexity index is 825. The molecule has 3 aromatic rings. The number of hydrogen-bond acceptors (Lipinski definition) is 3. The van der Waals surface area contributed by atoms with E-state index in [4.69, 9.17) is 0 Å². The first-order chi connectivity index (χ1) is 10.8. The number of anilines is 1. The van der Waals surface area contributed by atoms with Crippen LogP contribution in [0.5, 0.6) is 0 Å². The smallest absolute Gasteiger partial charge is 0.256 e. The third-order valence-corrected chi connectivity index (χ3v) is 3.63. The minimum absolute atomic E-state index is 0.0615. The second-order valence-electron chi connectivity index (χ2n) is 5.21. The summed E-state index contributed by atoms with van der Waals surface area (Å²) in [5.74, 6) is 0. The predicted molar refractivity (Wildman–Crippen MR) is 92.4 cm³/mol. The van der Waals surface area contributed by atoms with Gasteiger partial charge >= 0.3 is 0 Å². The number of rotatable bonds is 5. The number of fused-ring (bicyclic) bond motifs is 1. The number of benzene rings is 2. The molecule has 3 N–H and O–H groups in total. The quantitative estimate of drug-likeness (QED) is 0.634. The SMILES string of the molecule is CNCCNc1ccc2cc(-c3ccccc3)[nH]c(=O)c2c1. The summed E-state index contributed by atoms with van der Waals surface area (Å²) in [5, 5.41) is 8.03. The van der Waals surface area contributed by atoms with Crippen molar-refractivity contribution < 1.29 is 0 Å². The summed E-state index contributed by atoms with van der Waals surface area (Å²) in [6.45, 7) is 1.70. The van der Waals surface area contributed by atoms with E-state index in [1.165, 1.54) is 0 Å². The molecule has 22 heavy (non-hydrogen) atoms. The number of nitrogens with one attached hydrogen (secondary N) is 3. The van der Waals surface area contributed by atoms with Crippen molar-refractivity contribution in [2.24, 2.45) is 0 Å². The number of likely N-dealkylation sites (N-methyl/N-ethyl adjacent to an activating group) is 1. The molecule has 0 saturated heterocycles. The Hall–Kier alpha value is -2.59. The third-order valence-electron chi connectivity index (χ3n) is 3.63. The van der Waals surface area contributed by atoms with Crippen LogP contribution >= 0.6 is 0 Å². The second kappa shape index (κ2) is 6.45. The van der Waals surface area contributed by atoms with Crippen molar-refractivity contribution in [1.82, 2.24) is 10.3 Å². The maximum Gasteiger partial charge on any atom is 0.256 e. The summed E-state index contributed by atoms with van der Waals surface area (Å²) in [4.78, 5) is 15.3. The lowest BCUT2D eigenvalue weighted by Gasteiger charge is -2.08. The molecule has 0 fully saturated rings. The van der Waals surface area contributed by atoms with Crippen molar-refractivity contribution in [3.63, 3.8) is 0 Å². The summed E-state index contributed by atoms with van der Waals surface area (Å²) < 4.78 is 0. The normalized spacial score (nSPS) is 10.8. The van der Waals surface area contributed by atoms with Crippen LogP contribution in [0.3, 0.4) is 0 Å². The van der Waals surface area contributed by atoms with E-state index in [1.807, 2.05) is 61.6 Å². The van der Waals surface area contributed by atoms with Gasteiger partial charge in [0.25, 0.3) is 5.56 Å². The first-order valence-electron chi connectivity index (χ1n) is 7.39. The fraction of sp³-hybridized carbons (Fsp3) is 0.167. The van der Waals surface area contributed by atoms with E-state index in [0.29, 0.717) is 5.39 Å². The average molecular weight is 293 g/mol. The van der Waals surface area contributed by atoms with E-state index in [0.717, 1.165) is 35.4 Å². The van der Waals surface area contributed by atoms with Crippen molar-refractivity contribution in [3.8, 4) is 11.3 Å². The lowest BCUT2D eigenvalue weighted by molar-refractivity contribution is 0.824. The van der Waals surface area contributed by atoms with Gasteiger partial charge in [-0.3, -0.25) is 4.79 Å². The highest BCUT2D eigenvalue weighted by Crippen LogP contribution is 2.21. The van der Waals surface area contributed by atoms with Gasteiger partial charge in [-0.1, -0.05) is 36.4 Å². The van der Waals surface area contributed by atoms with Gasteiger partial charge in [-0.15, -0.1) is 0 Å². The van der Waals surface area contributed by atoms with Crippen LogP contribution in [-0.2, 0) is 0 Å². The van der Waals surface area contributed by atoms with E-state index in [9.17, 15) is 4.79 Å². The molecule has 3 rings (SSSR count). The Morgan fingerprint density at radius 2 is 1.82 bits per heavy atom. The van der Waals surface area contributed by atoms with Crippen molar-refractivity contribution in [1.29, 1.82) is 0 Å². The molecule has 2 aromatic carbocycles. The fourth-order valence-corrected chi connectivity index (χ4v) is 2.48. The minimum atomic E-state index is -0.0615. The number of aromatic amines is 1. The Balaban J connectivity index is 1.98. The highest BCUT2D eigenvalue weighted by atomic mass is 16.1. The van der Waals surface area contributed by atoms with Gasteiger partial charge in [-0.25, -0.2) is 0 Å². The first-order valence-corrected chi connectivity index (χ1v) is 7.39. The van der Waals surface area contributed by atoms with Crippen LogP contribution < -0.4 is 16.2 Å². The van der Waals surface area contributed by atoms with Crippen molar-refractivity contribution in [2.75, 3.05) is 25.5 Å². The number of aromatic nitrogens is 1. The zero-order valence-corrected chi connectivity index (χ0v) is 12.5. The minimum Gasteiger partial charge on any atom is -0.384 e. The molecule has 0 spiro atoms. The molecule has 112 valence electrons. The summed E-state index contributed by atoms with van der Waals surface area (Å²) in [7, 11) is 1.91. The van der Waals surface area contributed by atoms with E-state index in [2.05, 4.69) is 15.6 Å². The highest BCUT2D eigenvalue weighted by molar-refractivity contribution is 5.87. The van der Waals surface area contributed by atoms with E-state index in [1.54, 1.807) is 0 Å². The Kier molecular flexibility index (Phi) is 4.21. The van der Waals surface area contributed by atoms with Gasteiger partial charge < -0.3 is 15.6 Å². The van der Waals surface area contributed by atoms with E-state index >= 15 is 0 Å². The van der Waals surface area contributed by atoms with Gasteiger partial charge in [0.2, 0.25) is 0 Å². The zero-order valence-electron chi connectivity index (χ0n) is 12.5. The Morgan fingerprint density at radius 3 is 2.59 bits per heavy atom. The van der Waals surface area contributed by atoms with Crippen LogP contribution in [0.15, 0.2) is 59.4 Å². The van der Waals surface area contributed by atoms with Crippen molar-refractivity contribution in [2.45, 2.75) is 0 Å². The summed E-state index contributed by atoms with van der Waals surface area (Å²) in [6.07, 6.45) is 0. The van der Waals surface area contributed by atoms with Gasteiger partial charge in [-0.05, 0) is 36.2 Å². The third kappa shape index (κ3) is 3.02. The zero-order chi connectivity index (χ0) is 15.4. The number of pyridine rings is 1. The molecule has 1 aromatic heterocycles. The molecule has 0 aliphatic carbocycles. The van der Waals surface area contributed by atoms with Gasteiger partial charge in [-0.2, -0.15) is 0 Å². The molecule has 4 nitrogen and oxygen atoms in total. The standard InChI is InChI=1S/C18H19N3O/c1-19-9-10-20-15-8-7-14-11-17(13-5-3-2-4-6-13)21-18(22)16(14)12-15/h2-8,11-12,19-20H,9-10H2,1H3,(H,21,22). The molecule has 0 aliphatic heterocycles. The van der Waals surface area contributed by atoms with E-state index < -0.39 is 0 Å². The second-order valence-corrected chi connectivity index (χ2v) is 5.21. The topological polar surface area (TPSA) is 56.9 Å². The van der Waals surface area contributed by atoms with Crippen LogP contribution in [0.4, 0.5) is 5.69 Å². The summed E-state index contributed by atoms with van der Waals surface area (Å²) in [6, 6.07) is 17.8. The van der Waals surface area contributed by atoms with Crippen LogP contribution in [0.2, 0.25) is 0 Å². The molecule has 4 heteroatoms. The fourth-order valence-electron chi connectivity index (χ4n) is 2.48. The van der Waals surface area contributed by atoms with Crippen LogP contribution in [0.1, 0.15) is 0 Å². The van der Waals surface area contributed by atoms with Gasteiger partial charge in [0.05, 0.1) is 0 Å².